The highest BCUT2D eigenvalue weighted by Crippen LogP contribution is 2.42. The Kier molecular flexibility index (Phi) is 4.24. The van der Waals surface area contributed by atoms with Crippen LogP contribution in [-0.4, -0.2) is 40.7 Å². The number of halogens is 2. The normalized spacial score (nSPS) is 22.7. The van der Waals surface area contributed by atoms with Crippen LogP contribution < -0.4 is 0 Å². The van der Waals surface area contributed by atoms with Crippen molar-refractivity contribution in [2.45, 2.75) is 25.5 Å². The zero-order chi connectivity index (χ0) is 16.6. The summed E-state index contributed by atoms with van der Waals surface area (Å²) < 4.78 is 19.9. The van der Waals surface area contributed by atoms with Crippen molar-refractivity contribution in [3.63, 3.8) is 0 Å². The average Bonchev–Trinajstić information content (AvgIpc) is 2.94. The maximum atomic E-state index is 13.9. The van der Waals surface area contributed by atoms with E-state index in [2.05, 4.69) is 14.9 Å². The molecule has 2 aliphatic rings. The molecule has 1 atom stereocenters. The van der Waals surface area contributed by atoms with Gasteiger partial charge in [0, 0.05) is 54.4 Å². The molecular formula is C18H19ClFN3O. The van der Waals surface area contributed by atoms with Crippen molar-refractivity contribution in [2.24, 2.45) is 5.41 Å². The molecule has 0 unspecified atom stereocenters. The van der Waals surface area contributed by atoms with Crippen LogP contribution in [0.3, 0.4) is 0 Å². The van der Waals surface area contributed by atoms with Gasteiger partial charge in [0.05, 0.1) is 12.7 Å². The predicted octanol–water partition coefficient (Wildman–Crippen LogP) is 3.10. The van der Waals surface area contributed by atoms with E-state index in [4.69, 9.17) is 16.3 Å². The Balaban J connectivity index is 1.31. The van der Waals surface area contributed by atoms with Gasteiger partial charge in [-0.15, -0.1) is 0 Å². The first-order valence-electron chi connectivity index (χ1n) is 8.14. The summed E-state index contributed by atoms with van der Waals surface area (Å²) in [5.41, 5.74) is 2.04. The second-order valence-electron chi connectivity index (χ2n) is 6.97. The molecule has 2 saturated heterocycles. The number of aromatic nitrogens is 2. The van der Waals surface area contributed by atoms with Gasteiger partial charge in [0.15, 0.2) is 0 Å². The number of hydrogen-bond donors (Lipinski definition) is 0. The van der Waals surface area contributed by atoms with Gasteiger partial charge in [0.2, 0.25) is 0 Å². The number of rotatable bonds is 4. The van der Waals surface area contributed by atoms with Crippen molar-refractivity contribution in [3.05, 3.63) is 58.9 Å². The van der Waals surface area contributed by atoms with Crippen LogP contribution >= 0.6 is 11.6 Å². The quantitative estimate of drug-likeness (QED) is 0.852. The van der Waals surface area contributed by atoms with E-state index in [9.17, 15) is 4.39 Å². The van der Waals surface area contributed by atoms with Crippen molar-refractivity contribution in [1.29, 1.82) is 0 Å². The third-order valence-corrected chi connectivity index (χ3v) is 5.13. The van der Waals surface area contributed by atoms with E-state index in [1.165, 1.54) is 6.07 Å². The van der Waals surface area contributed by atoms with Gasteiger partial charge >= 0.3 is 0 Å². The summed E-state index contributed by atoms with van der Waals surface area (Å²) in [7, 11) is 0. The van der Waals surface area contributed by atoms with E-state index >= 15 is 0 Å². The molecule has 4 rings (SSSR count). The van der Waals surface area contributed by atoms with E-state index in [1.807, 2.05) is 12.4 Å². The van der Waals surface area contributed by atoms with Gasteiger partial charge in [-0.2, -0.15) is 0 Å². The Morgan fingerprint density at radius 2 is 2.08 bits per heavy atom. The minimum Gasteiger partial charge on any atom is -0.377 e. The zero-order valence-corrected chi connectivity index (χ0v) is 14.0. The van der Waals surface area contributed by atoms with Crippen molar-refractivity contribution in [3.8, 4) is 0 Å². The average molecular weight is 348 g/mol. The Morgan fingerprint density at radius 3 is 2.83 bits per heavy atom. The molecule has 2 aromatic rings. The summed E-state index contributed by atoms with van der Waals surface area (Å²) in [5.74, 6) is -0.229. The van der Waals surface area contributed by atoms with Crippen LogP contribution in [0.4, 0.5) is 4.39 Å². The molecule has 0 N–H and O–H groups in total. The first kappa shape index (κ1) is 15.9. The van der Waals surface area contributed by atoms with Crippen molar-refractivity contribution >= 4 is 11.6 Å². The van der Waals surface area contributed by atoms with Crippen LogP contribution in [0.1, 0.15) is 17.5 Å². The number of nitrogens with zero attached hydrogens (tertiary/aromatic N) is 3. The van der Waals surface area contributed by atoms with Gasteiger partial charge in [-0.05, 0) is 24.1 Å². The van der Waals surface area contributed by atoms with Crippen LogP contribution in [0.2, 0.25) is 5.02 Å². The standard InChI is InChI=1S/C18H19ClFN3O/c19-15-2-1-14(17(20)4-15)8-23-9-18(10-23)5-16(24-11-18)3-13-6-21-12-22-7-13/h1-2,4,6-7,12,16H,3,5,8-11H2/t16-/m1/s1. The summed E-state index contributed by atoms with van der Waals surface area (Å²) in [6.45, 7) is 3.32. The first-order valence-corrected chi connectivity index (χ1v) is 8.51. The number of benzene rings is 1. The summed E-state index contributed by atoms with van der Waals surface area (Å²) in [5, 5.41) is 0.438. The molecule has 2 aliphatic heterocycles. The fourth-order valence-corrected chi connectivity index (χ4v) is 4.01. The Bertz CT molecular complexity index is 721. The van der Waals surface area contributed by atoms with Crippen LogP contribution in [-0.2, 0) is 17.7 Å². The van der Waals surface area contributed by atoms with Crippen LogP contribution in [0.15, 0.2) is 36.9 Å². The van der Waals surface area contributed by atoms with Gasteiger partial charge in [-0.1, -0.05) is 17.7 Å². The SMILES string of the molecule is Fc1cc(Cl)ccc1CN1CC2(CO[C@H](Cc3cncnc3)C2)C1. The zero-order valence-electron chi connectivity index (χ0n) is 13.3. The maximum absolute atomic E-state index is 13.9. The van der Waals surface area contributed by atoms with Crippen LogP contribution in [0, 0.1) is 11.2 Å². The third kappa shape index (κ3) is 3.29. The van der Waals surface area contributed by atoms with Gasteiger partial charge in [0.25, 0.3) is 0 Å². The molecule has 0 radical (unpaired) electrons. The third-order valence-electron chi connectivity index (χ3n) is 4.89. The molecule has 0 aliphatic carbocycles. The number of ether oxygens (including phenoxy) is 1. The summed E-state index contributed by atoms with van der Waals surface area (Å²) >= 11 is 5.80. The van der Waals surface area contributed by atoms with Gasteiger partial charge in [0.1, 0.15) is 12.1 Å². The highest BCUT2D eigenvalue weighted by molar-refractivity contribution is 6.30. The van der Waals surface area contributed by atoms with Crippen molar-refractivity contribution < 1.29 is 9.13 Å². The largest absolute Gasteiger partial charge is 0.377 e. The minimum atomic E-state index is -0.229. The Hall–Kier alpha value is -1.56. The lowest BCUT2D eigenvalue weighted by Crippen LogP contribution is -2.56. The summed E-state index contributed by atoms with van der Waals surface area (Å²) in [6.07, 6.45) is 7.36. The molecule has 0 saturated carbocycles. The van der Waals surface area contributed by atoms with Gasteiger partial charge in [-0.25, -0.2) is 14.4 Å². The fourth-order valence-electron chi connectivity index (χ4n) is 3.85. The molecule has 6 heteroatoms. The molecule has 0 bridgehead atoms. The molecule has 1 aromatic carbocycles. The molecule has 126 valence electrons. The first-order chi connectivity index (χ1) is 11.6. The lowest BCUT2D eigenvalue weighted by atomic mass is 9.77. The summed E-state index contributed by atoms with van der Waals surface area (Å²) in [6, 6.07) is 4.89. The molecule has 24 heavy (non-hydrogen) atoms. The molecule has 3 heterocycles. The number of hydrogen-bond acceptors (Lipinski definition) is 4. The lowest BCUT2D eigenvalue weighted by Gasteiger charge is -2.47. The number of likely N-dealkylation sites (tertiary alicyclic amines) is 1. The van der Waals surface area contributed by atoms with Crippen LogP contribution in [0.5, 0.6) is 0 Å². The lowest BCUT2D eigenvalue weighted by molar-refractivity contribution is -0.0146. The molecule has 1 aromatic heterocycles. The predicted molar refractivity (Wildman–Crippen MR) is 89.2 cm³/mol. The van der Waals surface area contributed by atoms with E-state index in [-0.39, 0.29) is 17.3 Å². The second-order valence-corrected chi connectivity index (χ2v) is 7.41. The highest BCUT2D eigenvalue weighted by atomic mass is 35.5. The molecule has 2 fully saturated rings. The Morgan fingerprint density at radius 1 is 1.29 bits per heavy atom. The van der Waals surface area contributed by atoms with Crippen molar-refractivity contribution in [1.82, 2.24) is 14.9 Å². The smallest absolute Gasteiger partial charge is 0.129 e. The van der Waals surface area contributed by atoms with Crippen molar-refractivity contribution in [2.75, 3.05) is 19.7 Å². The van der Waals surface area contributed by atoms with Gasteiger partial charge < -0.3 is 4.74 Å². The summed E-state index contributed by atoms with van der Waals surface area (Å²) in [4.78, 5) is 10.4. The topological polar surface area (TPSA) is 38.2 Å². The molecule has 4 nitrogen and oxygen atoms in total. The van der Waals surface area contributed by atoms with E-state index in [1.54, 1.807) is 18.5 Å². The van der Waals surface area contributed by atoms with E-state index < -0.39 is 0 Å². The molecular weight excluding hydrogens is 329 g/mol. The minimum absolute atomic E-state index is 0.225. The maximum Gasteiger partial charge on any atom is 0.129 e. The van der Waals surface area contributed by atoms with E-state index in [0.29, 0.717) is 17.1 Å². The second kappa shape index (κ2) is 6.39. The molecule has 1 spiro atoms. The Labute approximate surface area is 145 Å². The highest BCUT2D eigenvalue weighted by Gasteiger charge is 2.48. The van der Waals surface area contributed by atoms with Gasteiger partial charge in [-0.3, -0.25) is 4.90 Å². The fraction of sp³-hybridized carbons (Fsp3) is 0.444. The monoisotopic (exact) mass is 347 g/mol. The van der Waals surface area contributed by atoms with E-state index in [0.717, 1.165) is 38.1 Å². The van der Waals surface area contributed by atoms with Crippen LogP contribution in [0.25, 0.3) is 0 Å². The molecule has 0 amide bonds.